The van der Waals surface area contributed by atoms with Crippen LogP contribution in [0.3, 0.4) is 0 Å². The molecule has 0 aliphatic rings. The third-order valence-electron chi connectivity index (χ3n) is 2.28. The molecular formula is C11H20N4O. The Bertz CT molecular complexity index is 330. The lowest BCUT2D eigenvalue weighted by Gasteiger charge is -2.16. The molecule has 0 fully saturated rings. The van der Waals surface area contributed by atoms with Gasteiger partial charge in [-0.1, -0.05) is 13.3 Å². The molecule has 1 unspecified atom stereocenters. The molecule has 0 aliphatic heterocycles. The zero-order chi connectivity index (χ0) is 12.0. The van der Waals surface area contributed by atoms with E-state index in [0.717, 1.165) is 24.2 Å². The van der Waals surface area contributed by atoms with Crippen molar-refractivity contribution in [3.63, 3.8) is 0 Å². The summed E-state index contributed by atoms with van der Waals surface area (Å²) in [5.41, 5.74) is 6.83. The zero-order valence-electron chi connectivity index (χ0n) is 10.2. The van der Waals surface area contributed by atoms with Gasteiger partial charge < -0.3 is 15.8 Å². The molecule has 1 atom stereocenters. The van der Waals surface area contributed by atoms with Crippen molar-refractivity contribution in [2.45, 2.75) is 32.7 Å². The van der Waals surface area contributed by atoms with E-state index in [-0.39, 0.29) is 6.04 Å². The van der Waals surface area contributed by atoms with Gasteiger partial charge in [0.2, 0.25) is 0 Å². The quantitative estimate of drug-likeness (QED) is 0.765. The molecule has 90 valence electrons. The standard InChI is InChI=1S/C11H20N4O/c1-4-5-9-10(12)13-7-14-11(9)15-8(2)6-16-3/h7-8H,4-6H2,1-3H3,(H3,12,13,14,15). The minimum absolute atomic E-state index is 0.204. The van der Waals surface area contributed by atoms with Gasteiger partial charge in [0.15, 0.2) is 0 Å². The lowest BCUT2D eigenvalue weighted by atomic mass is 10.1. The second kappa shape index (κ2) is 6.27. The Morgan fingerprint density at radius 3 is 2.88 bits per heavy atom. The molecule has 1 aromatic heterocycles. The Morgan fingerprint density at radius 1 is 1.50 bits per heavy atom. The summed E-state index contributed by atoms with van der Waals surface area (Å²) in [6.07, 6.45) is 3.38. The van der Waals surface area contributed by atoms with E-state index in [1.165, 1.54) is 6.33 Å². The van der Waals surface area contributed by atoms with E-state index in [1.54, 1.807) is 7.11 Å². The molecule has 5 heteroatoms. The van der Waals surface area contributed by atoms with Crippen LogP contribution in [0, 0.1) is 0 Å². The molecule has 16 heavy (non-hydrogen) atoms. The highest BCUT2D eigenvalue weighted by Crippen LogP contribution is 2.19. The van der Waals surface area contributed by atoms with E-state index in [9.17, 15) is 0 Å². The monoisotopic (exact) mass is 224 g/mol. The van der Waals surface area contributed by atoms with Gasteiger partial charge in [0.1, 0.15) is 18.0 Å². The molecule has 0 spiro atoms. The largest absolute Gasteiger partial charge is 0.383 e. The average Bonchev–Trinajstić information content (AvgIpc) is 2.23. The van der Waals surface area contributed by atoms with Gasteiger partial charge in [-0.15, -0.1) is 0 Å². The number of hydrogen-bond acceptors (Lipinski definition) is 5. The maximum Gasteiger partial charge on any atom is 0.134 e. The first kappa shape index (κ1) is 12.7. The van der Waals surface area contributed by atoms with Gasteiger partial charge in [-0.3, -0.25) is 0 Å². The number of rotatable bonds is 6. The fraction of sp³-hybridized carbons (Fsp3) is 0.636. The number of nitrogen functional groups attached to an aromatic ring is 1. The summed E-state index contributed by atoms with van der Waals surface area (Å²) in [5, 5.41) is 3.28. The normalized spacial score (nSPS) is 12.4. The average molecular weight is 224 g/mol. The molecule has 0 radical (unpaired) electrons. The van der Waals surface area contributed by atoms with Crippen molar-refractivity contribution >= 4 is 11.6 Å². The van der Waals surface area contributed by atoms with Gasteiger partial charge >= 0.3 is 0 Å². The van der Waals surface area contributed by atoms with E-state index >= 15 is 0 Å². The fourth-order valence-corrected chi connectivity index (χ4v) is 1.57. The molecule has 0 aromatic carbocycles. The summed E-state index contributed by atoms with van der Waals surface area (Å²) in [6, 6.07) is 0.204. The predicted octanol–water partition coefficient (Wildman–Crippen LogP) is 1.46. The summed E-state index contributed by atoms with van der Waals surface area (Å²) in [5.74, 6) is 1.38. The molecular weight excluding hydrogens is 204 g/mol. The molecule has 0 bridgehead atoms. The van der Waals surface area contributed by atoms with E-state index in [0.29, 0.717) is 12.4 Å². The Balaban J connectivity index is 2.81. The number of nitrogens with zero attached hydrogens (tertiary/aromatic N) is 2. The summed E-state index contributed by atoms with van der Waals surface area (Å²) < 4.78 is 5.07. The minimum atomic E-state index is 0.204. The smallest absolute Gasteiger partial charge is 0.134 e. The molecule has 1 rings (SSSR count). The van der Waals surface area contributed by atoms with Crippen molar-refractivity contribution in [3.8, 4) is 0 Å². The molecule has 5 nitrogen and oxygen atoms in total. The predicted molar refractivity (Wildman–Crippen MR) is 65.4 cm³/mol. The highest BCUT2D eigenvalue weighted by Gasteiger charge is 2.10. The second-order valence-electron chi connectivity index (χ2n) is 3.84. The first-order valence-electron chi connectivity index (χ1n) is 5.53. The van der Waals surface area contributed by atoms with Crippen LogP contribution >= 0.6 is 0 Å². The van der Waals surface area contributed by atoms with Gasteiger partial charge in [-0.2, -0.15) is 0 Å². The van der Waals surface area contributed by atoms with Crippen molar-refractivity contribution in [3.05, 3.63) is 11.9 Å². The van der Waals surface area contributed by atoms with Crippen molar-refractivity contribution < 1.29 is 4.74 Å². The van der Waals surface area contributed by atoms with Crippen LogP contribution < -0.4 is 11.1 Å². The van der Waals surface area contributed by atoms with Crippen molar-refractivity contribution in [1.82, 2.24) is 9.97 Å². The van der Waals surface area contributed by atoms with E-state index in [4.69, 9.17) is 10.5 Å². The van der Waals surface area contributed by atoms with Crippen LogP contribution in [0.25, 0.3) is 0 Å². The van der Waals surface area contributed by atoms with Gasteiger partial charge in [-0.25, -0.2) is 9.97 Å². The van der Waals surface area contributed by atoms with E-state index in [1.807, 2.05) is 6.92 Å². The third kappa shape index (κ3) is 3.34. The number of ether oxygens (including phenoxy) is 1. The molecule has 0 amide bonds. The summed E-state index contributed by atoms with van der Waals surface area (Å²) >= 11 is 0. The van der Waals surface area contributed by atoms with Gasteiger partial charge in [0.25, 0.3) is 0 Å². The zero-order valence-corrected chi connectivity index (χ0v) is 10.2. The van der Waals surface area contributed by atoms with Crippen LogP contribution in [-0.2, 0) is 11.2 Å². The van der Waals surface area contributed by atoms with Crippen LogP contribution in [0.4, 0.5) is 11.6 Å². The third-order valence-corrected chi connectivity index (χ3v) is 2.28. The van der Waals surface area contributed by atoms with Crippen LogP contribution in [0.2, 0.25) is 0 Å². The van der Waals surface area contributed by atoms with Crippen LogP contribution in [0.1, 0.15) is 25.8 Å². The Hall–Kier alpha value is -1.36. The van der Waals surface area contributed by atoms with Crippen molar-refractivity contribution in [2.75, 3.05) is 24.8 Å². The SMILES string of the molecule is CCCc1c(N)ncnc1NC(C)COC. The summed E-state index contributed by atoms with van der Waals surface area (Å²) in [4.78, 5) is 8.23. The van der Waals surface area contributed by atoms with Crippen molar-refractivity contribution in [2.24, 2.45) is 0 Å². The molecule has 1 aromatic rings. The maximum atomic E-state index is 5.83. The topological polar surface area (TPSA) is 73.1 Å². The highest BCUT2D eigenvalue weighted by molar-refractivity contribution is 5.55. The highest BCUT2D eigenvalue weighted by atomic mass is 16.5. The molecule has 3 N–H and O–H groups in total. The Morgan fingerprint density at radius 2 is 2.25 bits per heavy atom. The minimum Gasteiger partial charge on any atom is -0.383 e. The number of anilines is 2. The Labute approximate surface area is 96.4 Å². The number of aromatic nitrogens is 2. The Kier molecular flexibility index (Phi) is 4.98. The van der Waals surface area contributed by atoms with Crippen LogP contribution in [0.5, 0.6) is 0 Å². The second-order valence-corrected chi connectivity index (χ2v) is 3.84. The van der Waals surface area contributed by atoms with Crippen molar-refractivity contribution in [1.29, 1.82) is 0 Å². The van der Waals surface area contributed by atoms with E-state index < -0.39 is 0 Å². The van der Waals surface area contributed by atoms with Crippen LogP contribution in [0.15, 0.2) is 6.33 Å². The van der Waals surface area contributed by atoms with Gasteiger partial charge in [-0.05, 0) is 13.3 Å². The number of nitrogens with two attached hydrogens (primary N) is 1. The van der Waals surface area contributed by atoms with E-state index in [2.05, 4.69) is 22.2 Å². The molecule has 1 heterocycles. The molecule has 0 aliphatic carbocycles. The summed E-state index contributed by atoms with van der Waals surface area (Å²) in [6.45, 7) is 4.78. The molecule has 0 saturated carbocycles. The summed E-state index contributed by atoms with van der Waals surface area (Å²) in [7, 11) is 1.68. The first-order valence-corrected chi connectivity index (χ1v) is 5.53. The number of methoxy groups -OCH3 is 1. The lowest BCUT2D eigenvalue weighted by Crippen LogP contribution is -2.22. The number of nitrogens with one attached hydrogen (secondary N) is 1. The lowest BCUT2D eigenvalue weighted by molar-refractivity contribution is 0.190. The maximum absolute atomic E-state index is 5.83. The van der Waals surface area contributed by atoms with Crippen LogP contribution in [-0.4, -0.2) is 29.7 Å². The number of hydrogen-bond donors (Lipinski definition) is 2. The molecule has 0 saturated heterocycles. The first-order chi connectivity index (χ1) is 7.69. The van der Waals surface area contributed by atoms with Gasteiger partial charge in [0.05, 0.1) is 6.61 Å². The fourth-order valence-electron chi connectivity index (χ4n) is 1.57. The van der Waals surface area contributed by atoms with Gasteiger partial charge in [0, 0.05) is 18.7 Å².